The van der Waals surface area contributed by atoms with Crippen molar-refractivity contribution >= 4 is 63.0 Å². The highest BCUT2D eigenvalue weighted by atomic mass is 35.5. The molecule has 2 N–H and O–H groups in total. The molecule has 9 heteroatoms. The number of carboxylic acids is 1. The lowest BCUT2D eigenvalue weighted by Gasteiger charge is -2.12. The van der Waals surface area contributed by atoms with Gasteiger partial charge in [0.15, 0.2) is 0 Å². The first kappa shape index (κ1) is 21.5. The summed E-state index contributed by atoms with van der Waals surface area (Å²) < 4.78 is 5.06. The summed E-state index contributed by atoms with van der Waals surface area (Å²) in [6.07, 6.45) is 0. The number of rotatable bonds is 5. The van der Waals surface area contributed by atoms with Crippen molar-refractivity contribution < 1.29 is 19.4 Å². The predicted octanol–water partition coefficient (Wildman–Crippen LogP) is 6.64. The second-order valence-corrected chi connectivity index (χ2v) is 8.09. The lowest BCUT2D eigenvalue weighted by atomic mass is 10.0. The van der Waals surface area contributed by atoms with Crippen LogP contribution in [0.15, 0.2) is 35.7 Å². The minimum Gasteiger partial charge on any atom is -0.495 e. The Kier molecular flexibility index (Phi) is 6.39. The van der Waals surface area contributed by atoms with Gasteiger partial charge in [0.05, 0.1) is 22.7 Å². The number of thiophene rings is 1. The zero-order chi connectivity index (χ0) is 21.3. The summed E-state index contributed by atoms with van der Waals surface area (Å²) in [6, 6.07) is 8.80. The first-order valence-electron chi connectivity index (χ1n) is 8.19. The van der Waals surface area contributed by atoms with Crippen LogP contribution in [-0.4, -0.2) is 24.1 Å². The number of methoxy groups -OCH3 is 1. The number of amides is 1. The minimum absolute atomic E-state index is 0.0131. The van der Waals surface area contributed by atoms with Crippen LogP contribution in [0.2, 0.25) is 15.1 Å². The molecular formula is C20H14Cl3NO4S. The highest BCUT2D eigenvalue weighted by Crippen LogP contribution is 2.41. The van der Waals surface area contributed by atoms with Crippen molar-refractivity contribution in [1.82, 2.24) is 0 Å². The van der Waals surface area contributed by atoms with Crippen molar-refractivity contribution in [3.05, 3.63) is 67.5 Å². The standard InChI is InChI=1S/C20H14Cl3NO4S/c1-9-4-3-5-10(6-9)11-8-29-19(14(11)20(26)27)24-18(25)15-12(21)7-13(28-2)16(22)17(15)23/h3-8H,1-2H3,(H,24,25)(H,26,27). The molecule has 1 heterocycles. The van der Waals surface area contributed by atoms with Crippen LogP contribution in [0.3, 0.4) is 0 Å². The Morgan fingerprint density at radius 2 is 1.83 bits per heavy atom. The van der Waals surface area contributed by atoms with E-state index in [1.54, 1.807) is 5.38 Å². The highest BCUT2D eigenvalue weighted by Gasteiger charge is 2.25. The van der Waals surface area contributed by atoms with Gasteiger partial charge >= 0.3 is 5.97 Å². The average molecular weight is 471 g/mol. The van der Waals surface area contributed by atoms with Crippen molar-refractivity contribution in [2.45, 2.75) is 6.92 Å². The molecule has 0 unspecified atom stereocenters. The molecule has 3 aromatic rings. The number of aryl methyl sites for hydroxylation is 1. The second-order valence-electron chi connectivity index (χ2n) is 6.05. The molecule has 0 aliphatic carbocycles. The molecule has 3 rings (SSSR count). The summed E-state index contributed by atoms with van der Waals surface area (Å²) in [5, 5.41) is 14.2. The molecule has 0 aliphatic heterocycles. The molecule has 5 nitrogen and oxygen atoms in total. The Bertz CT molecular complexity index is 1130. The van der Waals surface area contributed by atoms with E-state index < -0.39 is 11.9 Å². The third kappa shape index (κ3) is 4.21. The number of hydrogen-bond acceptors (Lipinski definition) is 4. The molecule has 29 heavy (non-hydrogen) atoms. The van der Waals surface area contributed by atoms with E-state index in [1.165, 1.54) is 13.2 Å². The summed E-state index contributed by atoms with van der Waals surface area (Å²) in [7, 11) is 1.39. The maximum atomic E-state index is 12.8. The molecule has 150 valence electrons. The number of carboxylic acid groups (broad SMARTS) is 1. The average Bonchev–Trinajstić information content (AvgIpc) is 3.08. The van der Waals surface area contributed by atoms with E-state index in [0.717, 1.165) is 22.5 Å². The monoisotopic (exact) mass is 469 g/mol. The van der Waals surface area contributed by atoms with Gasteiger partial charge in [-0.1, -0.05) is 64.6 Å². The van der Waals surface area contributed by atoms with Crippen LogP contribution in [-0.2, 0) is 0 Å². The predicted molar refractivity (Wildman–Crippen MR) is 117 cm³/mol. The van der Waals surface area contributed by atoms with Gasteiger partial charge in [-0.2, -0.15) is 0 Å². The normalized spacial score (nSPS) is 10.7. The first-order valence-corrected chi connectivity index (χ1v) is 10.2. The van der Waals surface area contributed by atoms with E-state index in [-0.39, 0.29) is 36.9 Å². The van der Waals surface area contributed by atoms with Gasteiger partial charge in [0.1, 0.15) is 21.3 Å². The molecule has 0 saturated heterocycles. The van der Waals surface area contributed by atoms with Crippen LogP contribution >= 0.6 is 46.1 Å². The van der Waals surface area contributed by atoms with Gasteiger partial charge in [0, 0.05) is 17.0 Å². The van der Waals surface area contributed by atoms with Gasteiger partial charge in [-0.15, -0.1) is 11.3 Å². The molecule has 0 fully saturated rings. The molecule has 1 aromatic heterocycles. The summed E-state index contributed by atoms with van der Waals surface area (Å²) in [6.45, 7) is 1.91. The SMILES string of the molecule is COc1cc(Cl)c(C(=O)Nc2scc(-c3cccc(C)c3)c2C(=O)O)c(Cl)c1Cl. The molecule has 0 bridgehead atoms. The fraction of sp³-hybridized carbons (Fsp3) is 0.100. The van der Waals surface area contributed by atoms with Gasteiger partial charge < -0.3 is 15.2 Å². The maximum absolute atomic E-state index is 12.8. The quantitative estimate of drug-likeness (QED) is 0.410. The fourth-order valence-electron chi connectivity index (χ4n) is 2.78. The van der Waals surface area contributed by atoms with Crippen molar-refractivity contribution in [2.24, 2.45) is 0 Å². The number of hydrogen-bond donors (Lipinski definition) is 2. The molecule has 0 aliphatic rings. The van der Waals surface area contributed by atoms with Crippen LogP contribution in [0, 0.1) is 6.92 Å². The number of aromatic carboxylic acids is 1. The Morgan fingerprint density at radius 1 is 1.10 bits per heavy atom. The lowest BCUT2D eigenvalue weighted by molar-refractivity contribution is 0.0699. The van der Waals surface area contributed by atoms with Gasteiger partial charge in [-0.05, 0) is 12.5 Å². The molecule has 0 spiro atoms. The van der Waals surface area contributed by atoms with E-state index in [0.29, 0.717) is 5.56 Å². The molecule has 0 saturated carbocycles. The lowest BCUT2D eigenvalue weighted by Crippen LogP contribution is -2.15. The van der Waals surface area contributed by atoms with Crippen LogP contribution in [0.4, 0.5) is 5.00 Å². The van der Waals surface area contributed by atoms with Crippen molar-refractivity contribution in [3.8, 4) is 16.9 Å². The first-order chi connectivity index (χ1) is 13.7. The maximum Gasteiger partial charge on any atom is 0.339 e. The van der Waals surface area contributed by atoms with Crippen LogP contribution < -0.4 is 10.1 Å². The number of carbonyl (C=O) groups is 2. The zero-order valence-corrected chi connectivity index (χ0v) is 18.3. The van der Waals surface area contributed by atoms with Crippen molar-refractivity contribution in [2.75, 3.05) is 12.4 Å². The molecular weight excluding hydrogens is 457 g/mol. The molecule has 1 amide bonds. The van der Waals surface area contributed by atoms with Crippen molar-refractivity contribution in [3.63, 3.8) is 0 Å². The van der Waals surface area contributed by atoms with Gasteiger partial charge in [0.2, 0.25) is 0 Å². The zero-order valence-electron chi connectivity index (χ0n) is 15.2. The fourth-order valence-corrected chi connectivity index (χ4v) is 4.57. The number of ether oxygens (including phenoxy) is 1. The summed E-state index contributed by atoms with van der Waals surface area (Å²) in [5.41, 5.74) is 2.15. The number of nitrogens with one attached hydrogen (secondary N) is 1. The van der Waals surface area contributed by atoms with E-state index in [1.807, 2.05) is 31.2 Å². The summed E-state index contributed by atoms with van der Waals surface area (Å²) in [5.74, 6) is -1.62. The smallest absolute Gasteiger partial charge is 0.339 e. The molecule has 0 radical (unpaired) electrons. The minimum atomic E-state index is -1.16. The Hall–Kier alpha value is -2.25. The number of benzene rings is 2. The van der Waals surface area contributed by atoms with E-state index >= 15 is 0 Å². The summed E-state index contributed by atoms with van der Waals surface area (Å²) >= 11 is 19.6. The summed E-state index contributed by atoms with van der Waals surface area (Å²) in [4.78, 5) is 24.7. The van der Waals surface area contributed by atoms with Gasteiger partial charge in [-0.3, -0.25) is 4.79 Å². The number of halogens is 3. The topological polar surface area (TPSA) is 75.6 Å². The van der Waals surface area contributed by atoms with Crippen LogP contribution in [0.1, 0.15) is 26.3 Å². The van der Waals surface area contributed by atoms with Crippen molar-refractivity contribution in [1.29, 1.82) is 0 Å². The second kappa shape index (κ2) is 8.63. The third-order valence-electron chi connectivity index (χ3n) is 4.13. The van der Waals surface area contributed by atoms with E-state index in [9.17, 15) is 14.7 Å². The highest BCUT2D eigenvalue weighted by molar-refractivity contribution is 7.15. The van der Waals surface area contributed by atoms with Gasteiger partial charge in [0.25, 0.3) is 5.91 Å². The number of anilines is 1. The van der Waals surface area contributed by atoms with Gasteiger partial charge in [-0.25, -0.2) is 4.79 Å². The Morgan fingerprint density at radius 3 is 2.45 bits per heavy atom. The van der Waals surface area contributed by atoms with Crippen LogP contribution in [0.5, 0.6) is 5.75 Å². The molecule has 2 aromatic carbocycles. The Labute approximate surface area is 185 Å². The van der Waals surface area contributed by atoms with Crippen LogP contribution in [0.25, 0.3) is 11.1 Å². The Balaban J connectivity index is 2.03. The van der Waals surface area contributed by atoms with E-state index in [4.69, 9.17) is 39.5 Å². The largest absolute Gasteiger partial charge is 0.495 e. The third-order valence-corrected chi connectivity index (χ3v) is 6.18. The number of carbonyl (C=O) groups excluding carboxylic acids is 1. The molecule has 0 atom stereocenters. The van der Waals surface area contributed by atoms with E-state index in [2.05, 4.69) is 5.32 Å².